The van der Waals surface area contributed by atoms with Crippen LogP contribution in [0.25, 0.3) is 10.1 Å². The third-order valence-corrected chi connectivity index (χ3v) is 3.84. The first-order valence-corrected chi connectivity index (χ1v) is 6.53. The van der Waals surface area contributed by atoms with Gasteiger partial charge in [0.25, 0.3) is 0 Å². The van der Waals surface area contributed by atoms with Crippen molar-refractivity contribution in [2.75, 3.05) is 6.54 Å². The molecule has 96 valence electrons. The van der Waals surface area contributed by atoms with Gasteiger partial charge in [-0.05, 0) is 23.9 Å². The highest BCUT2D eigenvalue weighted by atomic mass is 32.1. The number of carboxylic acid groups (broad SMARTS) is 1. The van der Waals surface area contributed by atoms with Crippen molar-refractivity contribution in [3.63, 3.8) is 0 Å². The Morgan fingerprint density at radius 3 is 2.83 bits per heavy atom. The fourth-order valence-corrected chi connectivity index (χ4v) is 2.91. The van der Waals surface area contributed by atoms with Gasteiger partial charge >= 0.3 is 5.97 Å². The summed E-state index contributed by atoms with van der Waals surface area (Å²) in [7, 11) is 0. The molecule has 0 spiro atoms. The Bertz CT molecular complexity index is 562. The van der Waals surface area contributed by atoms with E-state index in [1.54, 1.807) is 6.92 Å². The number of fused-ring (bicyclic) bond motifs is 1. The van der Waals surface area contributed by atoms with Crippen LogP contribution in [0.1, 0.15) is 22.2 Å². The van der Waals surface area contributed by atoms with Crippen molar-refractivity contribution >= 4 is 27.4 Å². The molecule has 1 heterocycles. The van der Waals surface area contributed by atoms with Crippen LogP contribution in [0.5, 0.6) is 0 Å². The van der Waals surface area contributed by atoms with Crippen LogP contribution in [-0.4, -0.2) is 28.8 Å². The van der Waals surface area contributed by atoms with Gasteiger partial charge in [-0.3, -0.25) is 0 Å². The molecule has 0 aliphatic rings. The maximum Gasteiger partial charge on any atom is 0.346 e. The molecule has 2 aromatic rings. The lowest BCUT2D eigenvalue weighted by Gasteiger charge is -2.07. The van der Waals surface area contributed by atoms with Crippen LogP contribution < -0.4 is 5.32 Å². The summed E-state index contributed by atoms with van der Waals surface area (Å²) in [6.45, 7) is 2.59. The van der Waals surface area contributed by atoms with E-state index in [1.807, 2.05) is 24.3 Å². The van der Waals surface area contributed by atoms with Gasteiger partial charge in [-0.25, -0.2) is 4.79 Å². The van der Waals surface area contributed by atoms with E-state index in [1.165, 1.54) is 11.3 Å². The molecule has 0 radical (unpaired) electrons. The molecule has 3 N–H and O–H groups in total. The van der Waals surface area contributed by atoms with Crippen LogP contribution in [0.3, 0.4) is 0 Å². The molecule has 2 rings (SSSR count). The summed E-state index contributed by atoms with van der Waals surface area (Å²) in [5, 5.41) is 22.4. The minimum Gasteiger partial charge on any atom is -0.477 e. The largest absolute Gasteiger partial charge is 0.477 e. The first-order chi connectivity index (χ1) is 8.59. The van der Waals surface area contributed by atoms with E-state index in [-0.39, 0.29) is 0 Å². The van der Waals surface area contributed by atoms with E-state index in [0.29, 0.717) is 18.0 Å². The summed E-state index contributed by atoms with van der Waals surface area (Å²) in [6.07, 6.45) is -0.442. The number of aromatic carboxylic acids is 1. The highest BCUT2D eigenvalue weighted by Gasteiger charge is 2.16. The predicted octanol–water partition coefficient (Wildman–Crippen LogP) is 2.07. The summed E-state index contributed by atoms with van der Waals surface area (Å²) in [4.78, 5) is 11.6. The topological polar surface area (TPSA) is 69.6 Å². The van der Waals surface area contributed by atoms with E-state index in [9.17, 15) is 15.0 Å². The number of hydrogen-bond acceptors (Lipinski definition) is 4. The Morgan fingerprint density at radius 2 is 2.17 bits per heavy atom. The molecule has 1 aromatic heterocycles. The fourth-order valence-electron chi connectivity index (χ4n) is 1.85. The molecule has 5 heteroatoms. The number of rotatable bonds is 5. The normalized spacial score (nSPS) is 12.8. The molecule has 1 atom stereocenters. The van der Waals surface area contributed by atoms with Crippen molar-refractivity contribution in [1.82, 2.24) is 5.32 Å². The zero-order valence-electron chi connectivity index (χ0n) is 10.0. The Balaban J connectivity index is 2.33. The Morgan fingerprint density at radius 1 is 1.44 bits per heavy atom. The number of nitrogens with one attached hydrogen (secondary N) is 1. The van der Waals surface area contributed by atoms with Gasteiger partial charge in [0.05, 0.1) is 6.10 Å². The second-order valence-corrected chi connectivity index (χ2v) is 5.24. The van der Waals surface area contributed by atoms with E-state index >= 15 is 0 Å². The lowest BCUT2D eigenvalue weighted by Crippen LogP contribution is -2.24. The summed E-state index contributed by atoms with van der Waals surface area (Å²) in [5.41, 5.74) is 0.795. The van der Waals surface area contributed by atoms with Gasteiger partial charge in [0.2, 0.25) is 0 Å². The molecule has 0 saturated carbocycles. The second kappa shape index (κ2) is 5.48. The number of aliphatic hydroxyl groups is 1. The van der Waals surface area contributed by atoms with Crippen molar-refractivity contribution in [3.05, 3.63) is 34.7 Å². The number of aliphatic hydroxyl groups excluding tert-OH is 1. The SMILES string of the molecule is CC(O)CNCc1c(C(=O)O)sc2ccccc12. The number of hydrogen-bond donors (Lipinski definition) is 3. The van der Waals surface area contributed by atoms with Gasteiger partial charge in [0.15, 0.2) is 0 Å². The van der Waals surface area contributed by atoms with Gasteiger partial charge in [0.1, 0.15) is 4.88 Å². The average molecular weight is 265 g/mol. The summed E-state index contributed by atoms with van der Waals surface area (Å²) >= 11 is 1.29. The van der Waals surface area contributed by atoms with Gasteiger partial charge in [0, 0.05) is 17.8 Å². The number of carboxylic acids is 1. The lowest BCUT2D eigenvalue weighted by atomic mass is 10.1. The van der Waals surface area contributed by atoms with Crippen LogP contribution in [0, 0.1) is 0 Å². The molecule has 1 unspecified atom stereocenters. The van der Waals surface area contributed by atoms with Crippen LogP contribution in [-0.2, 0) is 6.54 Å². The molecular weight excluding hydrogens is 250 g/mol. The molecule has 4 nitrogen and oxygen atoms in total. The molecular formula is C13H15NO3S. The summed E-state index contributed by atoms with van der Waals surface area (Å²) < 4.78 is 0.976. The molecule has 0 saturated heterocycles. The summed E-state index contributed by atoms with van der Waals surface area (Å²) in [5.74, 6) is -0.898. The van der Waals surface area contributed by atoms with Crippen molar-refractivity contribution in [2.45, 2.75) is 19.6 Å². The molecule has 18 heavy (non-hydrogen) atoms. The first kappa shape index (κ1) is 13.0. The molecule has 1 aromatic carbocycles. The van der Waals surface area contributed by atoms with Crippen LogP contribution >= 0.6 is 11.3 Å². The molecule has 0 aliphatic heterocycles. The Labute approximate surface area is 109 Å². The van der Waals surface area contributed by atoms with Crippen molar-refractivity contribution in [3.8, 4) is 0 Å². The van der Waals surface area contributed by atoms with E-state index in [0.717, 1.165) is 15.6 Å². The zero-order valence-corrected chi connectivity index (χ0v) is 10.8. The monoisotopic (exact) mass is 265 g/mol. The van der Waals surface area contributed by atoms with Gasteiger partial charge in [-0.1, -0.05) is 18.2 Å². The maximum absolute atomic E-state index is 11.2. The Kier molecular flexibility index (Phi) is 3.96. The van der Waals surface area contributed by atoms with Crippen LogP contribution in [0.2, 0.25) is 0 Å². The molecule has 0 aliphatic carbocycles. The van der Waals surface area contributed by atoms with E-state index in [4.69, 9.17) is 0 Å². The van der Waals surface area contributed by atoms with Gasteiger partial charge < -0.3 is 15.5 Å². The summed E-state index contributed by atoms with van der Waals surface area (Å²) in [6, 6.07) is 7.65. The number of carbonyl (C=O) groups is 1. The predicted molar refractivity (Wildman–Crippen MR) is 72.2 cm³/mol. The highest BCUT2D eigenvalue weighted by Crippen LogP contribution is 2.31. The third-order valence-electron chi connectivity index (χ3n) is 2.63. The maximum atomic E-state index is 11.2. The second-order valence-electron chi connectivity index (χ2n) is 4.19. The number of thiophene rings is 1. The third kappa shape index (κ3) is 2.69. The smallest absolute Gasteiger partial charge is 0.346 e. The quantitative estimate of drug-likeness (QED) is 0.774. The minimum absolute atomic E-state index is 0.370. The fraction of sp³-hybridized carbons (Fsp3) is 0.308. The lowest BCUT2D eigenvalue weighted by molar-refractivity contribution is 0.0701. The Hall–Kier alpha value is -1.43. The molecule has 0 bridgehead atoms. The van der Waals surface area contributed by atoms with Crippen molar-refractivity contribution < 1.29 is 15.0 Å². The standard InChI is InChI=1S/C13H15NO3S/c1-8(15)6-14-7-10-9-4-2-3-5-11(9)18-12(10)13(16)17/h2-5,8,14-15H,6-7H2,1H3,(H,16,17). The minimum atomic E-state index is -0.898. The molecule has 0 fully saturated rings. The highest BCUT2D eigenvalue weighted by molar-refractivity contribution is 7.21. The average Bonchev–Trinajstić information content (AvgIpc) is 2.68. The van der Waals surface area contributed by atoms with E-state index in [2.05, 4.69) is 5.32 Å². The zero-order chi connectivity index (χ0) is 13.1. The number of benzene rings is 1. The van der Waals surface area contributed by atoms with Crippen molar-refractivity contribution in [2.24, 2.45) is 0 Å². The van der Waals surface area contributed by atoms with Gasteiger partial charge in [-0.15, -0.1) is 11.3 Å². The van der Waals surface area contributed by atoms with Crippen LogP contribution in [0.4, 0.5) is 0 Å². The van der Waals surface area contributed by atoms with Crippen LogP contribution in [0.15, 0.2) is 24.3 Å². The van der Waals surface area contributed by atoms with E-state index < -0.39 is 12.1 Å². The van der Waals surface area contributed by atoms with Crippen molar-refractivity contribution in [1.29, 1.82) is 0 Å². The molecule has 0 amide bonds. The first-order valence-electron chi connectivity index (χ1n) is 5.72. The van der Waals surface area contributed by atoms with Gasteiger partial charge in [-0.2, -0.15) is 0 Å².